The van der Waals surface area contributed by atoms with Crippen LogP contribution in [0.1, 0.15) is 28.3 Å². The summed E-state index contributed by atoms with van der Waals surface area (Å²) < 4.78 is 22.4. The number of aromatic nitrogens is 1. The number of amides is 1. The Hall–Kier alpha value is -3.78. The van der Waals surface area contributed by atoms with Crippen molar-refractivity contribution in [3.05, 3.63) is 77.1 Å². The number of ether oxygens (including phenoxy) is 4. The van der Waals surface area contributed by atoms with Crippen molar-refractivity contribution in [2.45, 2.75) is 25.4 Å². The predicted molar refractivity (Wildman–Crippen MR) is 137 cm³/mol. The Labute approximate surface area is 212 Å². The summed E-state index contributed by atoms with van der Waals surface area (Å²) >= 11 is 0. The van der Waals surface area contributed by atoms with Crippen LogP contribution in [0.2, 0.25) is 0 Å². The van der Waals surface area contributed by atoms with Crippen molar-refractivity contribution in [1.82, 2.24) is 15.2 Å². The molecule has 190 valence electrons. The molecule has 0 saturated carbocycles. The first-order chi connectivity index (χ1) is 17.6. The molecule has 0 spiro atoms. The van der Waals surface area contributed by atoms with E-state index in [1.807, 2.05) is 42.5 Å². The van der Waals surface area contributed by atoms with Crippen LogP contribution in [-0.4, -0.2) is 57.3 Å². The molecule has 1 amide bonds. The molecule has 8 nitrogen and oxygen atoms in total. The molecular formula is C28H33N3O5. The quantitative estimate of drug-likeness (QED) is 0.464. The van der Waals surface area contributed by atoms with Gasteiger partial charge in [-0.1, -0.05) is 12.1 Å². The highest BCUT2D eigenvalue weighted by Gasteiger charge is 2.33. The molecule has 0 fully saturated rings. The molecule has 0 radical (unpaired) electrons. The van der Waals surface area contributed by atoms with Gasteiger partial charge in [-0.2, -0.15) is 0 Å². The van der Waals surface area contributed by atoms with E-state index in [0.717, 1.165) is 46.7 Å². The van der Waals surface area contributed by atoms with Crippen LogP contribution < -0.4 is 24.3 Å². The topological polar surface area (TPSA) is 82.2 Å². The van der Waals surface area contributed by atoms with E-state index in [0.29, 0.717) is 24.5 Å². The van der Waals surface area contributed by atoms with Gasteiger partial charge in [-0.25, -0.2) is 0 Å². The summed E-state index contributed by atoms with van der Waals surface area (Å²) in [4.78, 5) is 19.3. The third-order valence-corrected chi connectivity index (χ3v) is 6.57. The Kier molecular flexibility index (Phi) is 8.28. The smallest absolute Gasteiger partial charge is 0.234 e. The number of benzene rings is 2. The van der Waals surface area contributed by atoms with Crippen molar-refractivity contribution < 1.29 is 23.7 Å². The van der Waals surface area contributed by atoms with Gasteiger partial charge in [-0.05, 0) is 54.3 Å². The van der Waals surface area contributed by atoms with Crippen LogP contribution in [0.15, 0.2) is 54.9 Å². The van der Waals surface area contributed by atoms with Gasteiger partial charge in [0.2, 0.25) is 5.91 Å². The summed E-state index contributed by atoms with van der Waals surface area (Å²) in [6.07, 6.45) is 4.89. The zero-order valence-electron chi connectivity index (χ0n) is 21.2. The average Bonchev–Trinajstić information content (AvgIpc) is 2.92. The third kappa shape index (κ3) is 5.54. The van der Waals surface area contributed by atoms with E-state index in [9.17, 15) is 4.79 Å². The Morgan fingerprint density at radius 1 is 0.944 bits per heavy atom. The summed E-state index contributed by atoms with van der Waals surface area (Å²) in [5.41, 5.74) is 4.20. The van der Waals surface area contributed by atoms with E-state index in [-0.39, 0.29) is 18.5 Å². The minimum absolute atomic E-state index is 0.0403. The van der Waals surface area contributed by atoms with Crippen molar-refractivity contribution in [2.24, 2.45) is 0 Å². The lowest BCUT2D eigenvalue weighted by molar-refractivity contribution is -0.123. The van der Waals surface area contributed by atoms with Crippen molar-refractivity contribution in [3.8, 4) is 23.0 Å². The van der Waals surface area contributed by atoms with Crippen molar-refractivity contribution in [2.75, 3.05) is 41.5 Å². The highest BCUT2D eigenvalue weighted by Crippen LogP contribution is 2.43. The SMILES string of the molecule is COc1ccc(CC2c3c(OC)ccc(OC)c3CCN2CC(=O)NCc2cccnc2)cc1OC. The molecular weight excluding hydrogens is 458 g/mol. The van der Waals surface area contributed by atoms with Gasteiger partial charge in [-0.15, -0.1) is 0 Å². The number of methoxy groups -OCH3 is 4. The van der Waals surface area contributed by atoms with Crippen molar-refractivity contribution >= 4 is 5.91 Å². The predicted octanol–water partition coefficient (Wildman–Crippen LogP) is 3.57. The molecule has 4 rings (SSSR count). The first-order valence-electron chi connectivity index (χ1n) is 11.9. The van der Waals surface area contributed by atoms with Gasteiger partial charge >= 0.3 is 0 Å². The highest BCUT2D eigenvalue weighted by atomic mass is 16.5. The molecule has 0 aliphatic carbocycles. The fraction of sp³-hybridized carbons (Fsp3) is 0.357. The molecule has 1 N–H and O–H groups in total. The summed E-state index contributed by atoms with van der Waals surface area (Å²) in [7, 11) is 6.61. The normalized spacial score (nSPS) is 15.1. The van der Waals surface area contributed by atoms with Gasteiger partial charge in [0.15, 0.2) is 11.5 Å². The third-order valence-electron chi connectivity index (χ3n) is 6.57. The van der Waals surface area contributed by atoms with Gasteiger partial charge in [-0.3, -0.25) is 14.7 Å². The maximum atomic E-state index is 13.0. The van der Waals surface area contributed by atoms with Crippen LogP contribution >= 0.6 is 0 Å². The Morgan fingerprint density at radius 3 is 2.36 bits per heavy atom. The molecule has 2 aromatic carbocycles. The van der Waals surface area contributed by atoms with Crippen molar-refractivity contribution in [1.29, 1.82) is 0 Å². The zero-order valence-corrected chi connectivity index (χ0v) is 21.2. The second kappa shape index (κ2) is 11.8. The second-order valence-corrected chi connectivity index (χ2v) is 8.63. The molecule has 3 aromatic rings. The highest BCUT2D eigenvalue weighted by molar-refractivity contribution is 5.78. The first-order valence-corrected chi connectivity index (χ1v) is 11.9. The number of hydrogen-bond donors (Lipinski definition) is 1. The lowest BCUT2D eigenvalue weighted by atomic mass is 9.87. The molecule has 1 atom stereocenters. The van der Waals surface area contributed by atoms with Crippen LogP contribution in [-0.2, 0) is 24.2 Å². The number of nitrogens with one attached hydrogen (secondary N) is 1. The minimum atomic E-state index is -0.0963. The van der Waals surface area contributed by atoms with E-state index in [1.54, 1.807) is 40.8 Å². The number of hydrogen-bond acceptors (Lipinski definition) is 7. The molecule has 2 heterocycles. The zero-order chi connectivity index (χ0) is 25.5. The average molecular weight is 492 g/mol. The molecule has 1 aliphatic heterocycles. The first kappa shape index (κ1) is 25.3. The van der Waals surface area contributed by atoms with E-state index in [1.165, 1.54) is 0 Å². The number of fused-ring (bicyclic) bond motifs is 1. The van der Waals surface area contributed by atoms with Crippen LogP contribution in [0.4, 0.5) is 0 Å². The maximum Gasteiger partial charge on any atom is 0.234 e. The number of nitrogens with zero attached hydrogens (tertiary/aromatic N) is 2. The Morgan fingerprint density at radius 2 is 1.67 bits per heavy atom. The second-order valence-electron chi connectivity index (χ2n) is 8.63. The fourth-order valence-electron chi connectivity index (χ4n) is 4.80. The van der Waals surface area contributed by atoms with Gasteiger partial charge in [0.1, 0.15) is 11.5 Å². The number of rotatable bonds is 10. The summed E-state index contributed by atoms with van der Waals surface area (Å²) in [6.45, 7) is 1.42. The van der Waals surface area contributed by atoms with E-state index in [4.69, 9.17) is 18.9 Å². The molecule has 1 aromatic heterocycles. The Bertz CT molecular complexity index is 1190. The largest absolute Gasteiger partial charge is 0.496 e. The van der Waals surface area contributed by atoms with Crippen LogP contribution in [0.25, 0.3) is 0 Å². The van der Waals surface area contributed by atoms with Gasteiger partial charge in [0, 0.05) is 42.7 Å². The van der Waals surface area contributed by atoms with Crippen LogP contribution in [0, 0.1) is 0 Å². The molecule has 8 heteroatoms. The number of pyridine rings is 1. The van der Waals surface area contributed by atoms with Gasteiger partial charge in [0.25, 0.3) is 0 Å². The van der Waals surface area contributed by atoms with E-state index in [2.05, 4.69) is 15.2 Å². The van der Waals surface area contributed by atoms with E-state index < -0.39 is 0 Å². The summed E-state index contributed by atoms with van der Waals surface area (Å²) in [5.74, 6) is 2.93. The monoisotopic (exact) mass is 491 g/mol. The summed E-state index contributed by atoms with van der Waals surface area (Å²) in [5, 5.41) is 3.03. The standard InChI is InChI=1S/C28H33N3O5/c1-33-23-9-10-25(35-3)28-21(23)11-13-31(18-27(32)30-17-20-6-5-12-29-16-20)22(28)14-19-7-8-24(34-2)26(15-19)36-4/h5-10,12,15-16,22H,11,13-14,17-18H2,1-4H3,(H,30,32). The molecule has 0 bridgehead atoms. The van der Waals surface area contributed by atoms with Crippen LogP contribution in [0.5, 0.6) is 23.0 Å². The maximum absolute atomic E-state index is 13.0. The molecule has 36 heavy (non-hydrogen) atoms. The minimum Gasteiger partial charge on any atom is -0.496 e. The van der Waals surface area contributed by atoms with Gasteiger partial charge < -0.3 is 24.3 Å². The lowest BCUT2D eigenvalue weighted by Gasteiger charge is -2.38. The summed E-state index contributed by atoms with van der Waals surface area (Å²) in [6, 6.07) is 13.5. The van der Waals surface area contributed by atoms with E-state index >= 15 is 0 Å². The molecule has 0 saturated heterocycles. The fourth-order valence-corrected chi connectivity index (χ4v) is 4.80. The number of carbonyl (C=O) groups excluding carboxylic acids is 1. The Balaban J connectivity index is 1.64. The van der Waals surface area contributed by atoms with Crippen LogP contribution in [0.3, 0.4) is 0 Å². The lowest BCUT2D eigenvalue weighted by Crippen LogP contribution is -2.43. The molecule has 1 unspecified atom stereocenters. The van der Waals surface area contributed by atoms with Gasteiger partial charge in [0.05, 0.1) is 35.0 Å². The van der Waals surface area contributed by atoms with Crippen molar-refractivity contribution in [3.63, 3.8) is 0 Å². The molecule has 1 aliphatic rings. The number of carbonyl (C=O) groups is 1.